The van der Waals surface area contributed by atoms with Gasteiger partial charge in [0.1, 0.15) is 5.76 Å². The molecule has 0 aliphatic heterocycles. The molecular weight excluding hydrogens is 427 g/mol. The summed E-state index contributed by atoms with van der Waals surface area (Å²) in [6.07, 6.45) is -3.37. The maximum atomic E-state index is 13.2. The maximum absolute atomic E-state index is 13.2. The van der Waals surface area contributed by atoms with Crippen molar-refractivity contribution in [1.29, 1.82) is 0 Å². The topological polar surface area (TPSA) is 116 Å². The molecule has 1 N–H and O–H groups in total. The summed E-state index contributed by atoms with van der Waals surface area (Å²) in [7, 11) is 1.68. The number of carbonyl (C=O) groups excluding carboxylic acids is 1. The molecule has 0 aliphatic carbocycles. The number of amides is 1. The van der Waals surface area contributed by atoms with Crippen molar-refractivity contribution < 1.29 is 27.3 Å². The molecule has 158 valence electrons. The highest BCUT2D eigenvalue weighted by Crippen LogP contribution is 2.37. The highest BCUT2D eigenvalue weighted by Gasteiger charge is 2.35. The van der Waals surface area contributed by atoms with Gasteiger partial charge in [-0.1, -0.05) is 11.8 Å². The molecule has 9 nitrogen and oxygen atoms in total. The van der Waals surface area contributed by atoms with Gasteiger partial charge in [0.15, 0.2) is 11.0 Å². The van der Waals surface area contributed by atoms with E-state index in [0.717, 1.165) is 29.5 Å². The Bertz CT molecular complexity index is 1110. The SMILES string of the molecule is Cc1occc1-c1nnc(SCC(=O)Nc2ccc([N+](=O)[O-])cc2C(F)(F)F)n1C. The van der Waals surface area contributed by atoms with E-state index in [-0.39, 0.29) is 5.75 Å². The molecule has 2 aromatic heterocycles. The van der Waals surface area contributed by atoms with Gasteiger partial charge in [0.2, 0.25) is 5.91 Å². The van der Waals surface area contributed by atoms with Gasteiger partial charge in [0.05, 0.1) is 33.8 Å². The Hall–Kier alpha value is -3.35. The number of nitro benzene ring substituents is 1. The van der Waals surface area contributed by atoms with Crippen molar-refractivity contribution in [1.82, 2.24) is 14.8 Å². The molecule has 0 aliphatic rings. The van der Waals surface area contributed by atoms with Gasteiger partial charge in [-0.3, -0.25) is 14.9 Å². The van der Waals surface area contributed by atoms with Crippen LogP contribution in [0.4, 0.5) is 24.5 Å². The lowest BCUT2D eigenvalue weighted by atomic mass is 10.1. The average molecular weight is 441 g/mol. The molecule has 0 fully saturated rings. The number of anilines is 1. The molecule has 3 aromatic rings. The van der Waals surface area contributed by atoms with E-state index in [1.54, 1.807) is 24.6 Å². The zero-order valence-electron chi connectivity index (χ0n) is 15.6. The molecule has 0 radical (unpaired) electrons. The number of non-ortho nitro benzene ring substituents is 1. The Labute approximate surface area is 171 Å². The van der Waals surface area contributed by atoms with Crippen molar-refractivity contribution in [2.24, 2.45) is 7.05 Å². The first kappa shape index (κ1) is 21.4. The number of alkyl halides is 3. The molecule has 1 amide bonds. The van der Waals surface area contributed by atoms with Gasteiger partial charge in [0, 0.05) is 19.2 Å². The normalized spacial score (nSPS) is 11.5. The number of nitro groups is 1. The number of rotatable bonds is 6. The van der Waals surface area contributed by atoms with E-state index in [1.807, 2.05) is 0 Å². The maximum Gasteiger partial charge on any atom is 0.418 e. The number of carbonyl (C=O) groups is 1. The predicted octanol–water partition coefficient (Wildman–Crippen LogP) is 4.04. The molecule has 0 saturated carbocycles. The Kier molecular flexibility index (Phi) is 5.82. The summed E-state index contributed by atoms with van der Waals surface area (Å²) in [5.74, 6) is 0.171. The Balaban J connectivity index is 1.72. The molecular formula is C17H14F3N5O4S. The smallest absolute Gasteiger partial charge is 0.418 e. The largest absolute Gasteiger partial charge is 0.469 e. The van der Waals surface area contributed by atoms with Crippen LogP contribution in [0, 0.1) is 17.0 Å². The molecule has 0 unspecified atom stereocenters. The first-order chi connectivity index (χ1) is 14.1. The van der Waals surface area contributed by atoms with Gasteiger partial charge < -0.3 is 14.3 Å². The number of thioether (sulfide) groups is 1. The highest BCUT2D eigenvalue weighted by molar-refractivity contribution is 7.99. The van der Waals surface area contributed by atoms with Crippen LogP contribution >= 0.6 is 11.8 Å². The number of hydrogen-bond donors (Lipinski definition) is 1. The van der Waals surface area contributed by atoms with Crippen molar-refractivity contribution in [3.05, 3.63) is 52.0 Å². The van der Waals surface area contributed by atoms with E-state index in [4.69, 9.17) is 4.42 Å². The third-order valence-corrected chi connectivity index (χ3v) is 5.08. The van der Waals surface area contributed by atoms with E-state index in [2.05, 4.69) is 15.5 Å². The molecule has 3 rings (SSSR count). The zero-order chi connectivity index (χ0) is 22.1. The van der Waals surface area contributed by atoms with Crippen molar-refractivity contribution in [3.63, 3.8) is 0 Å². The van der Waals surface area contributed by atoms with Crippen LogP contribution in [0.25, 0.3) is 11.4 Å². The van der Waals surface area contributed by atoms with Crippen LogP contribution in [-0.2, 0) is 18.0 Å². The van der Waals surface area contributed by atoms with Crippen molar-refractivity contribution in [2.75, 3.05) is 11.1 Å². The molecule has 0 bridgehead atoms. The van der Waals surface area contributed by atoms with Gasteiger partial charge in [-0.15, -0.1) is 10.2 Å². The fraction of sp³-hybridized carbons (Fsp3) is 0.235. The Morgan fingerprint density at radius 2 is 2.07 bits per heavy atom. The number of aryl methyl sites for hydroxylation is 1. The second-order valence-corrected chi connectivity index (χ2v) is 7.02. The summed E-state index contributed by atoms with van der Waals surface area (Å²) in [5, 5.41) is 21.3. The van der Waals surface area contributed by atoms with E-state index in [1.165, 1.54) is 6.26 Å². The van der Waals surface area contributed by atoms with E-state index < -0.39 is 33.9 Å². The summed E-state index contributed by atoms with van der Waals surface area (Å²) in [6, 6.07) is 3.84. The van der Waals surface area contributed by atoms with Gasteiger partial charge in [-0.25, -0.2) is 0 Å². The molecule has 0 saturated heterocycles. The van der Waals surface area contributed by atoms with Gasteiger partial charge in [-0.05, 0) is 19.1 Å². The standard InChI is InChI=1S/C17H14F3N5O4S/c1-9-11(5-6-29-9)15-22-23-16(24(15)2)30-8-14(26)21-13-4-3-10(25(27)28)7-12(13)17(18,19)20/h3-7H,8H2,1-2H3,(H,21,26). The molecule has 2 heterocycles. The van der Waals surface area contributed by atoms with Crippen LogP contribution in [0.15, 0.2) is 40.1 Å². The number of halogens is 3. The first-order valence-electron chi connectivity index (χ1n) is 8.30. The monoisotopic (exact) mass is 441 g/mol. The van der Waals surface area contributed by atoms with Crippen molar-refractivity contribution in [3.8, 4) is 11.4 Å². The second kappa shape index (κ2) is 8.18. The lowest BCUT2D eigenvalue weighted by molar-refractivity contribution is -0.385. The van der Waals surface area contributed by atoms with Crippen LogP contribution in [0.5, 0.6) is 0 Å². The van der Waals surface area contributed by atoms with Gasteiger partial charge in [0.25, 0.3) is 5.69 Å². The number of benzene rings is 1. The van der Waals surface area contributed by atoms with Crippen LogP contribution in [0.3, 0.4) is 0 Å². The Morgan fingerprint density at radius 1 is 1.33 bits per heavy atom. The predicted molar refractivity (Wildman–Crippen MR) is 101 cm³/mol. The summed E-state index contributed by atoms with van der Waals surface area (Å²) in [5.41, 5.74) is -1.87. The number of nitrogens with zero attached hydrogens (tertiary/aromatic N) is 4. The number of aromatic nitrogens is 3. The van der Waals surface area contributed by atoms with Crippen LogP contribution in [0.1, 0.15) is 11.3 Å². The third-order valence-electron chi connectivity index (χ3n) is 4.06. The third kappa shape index (κ3) is 4.45. The molecule has 1 aromatic carbocycles. The molecule has 13 heteroatoms. The number of hydrogen-bond acceptors (Lipinski definition) is 7. The number of nitrogens with one attached hydrogen (secondary N) is 1. The van der Waals surface area contributed by atoms with E-state index in [0.29, 0.717) is 22.8 Å². The second-order valence-electron chi connectivity index (χ2n) is 6.08. The minimum absolute atomic E-state index is 0.245. The van der Waals surface area contributed by atoms with E-state index >= 15 is 0 Å². The summed E-state index contributed by atoms with van der Waals surface area (Å²) in [6.45, 7) is 1.76. The summed E-state index contributed by atoms with van der Waals surface area (Å²) in [4.78, 5) is 22.0. The Morgan fingerprint density at radius 3 is 2.67 bits per heavy atom. The lowest BCUT2D eigenvalue weighted by Gasteiger charge is -2.13. The summed E-state index contributed by atoms with van der Waals surface area (Å²) < 4.78 is 46.5. The highest BCUT2D eigenvalue weighted by atomic mass is 32.2. The van der Waals surface area contributed by atoms with Crippen LogP contribution < -0.4 is 5.32 Å². The van der Waals surface area contributed by atoms with E-state index in [9.17, 15) is 28.1 Å². The van der Waals surface area contributed by atoms with Crippen molar-refractivity contribution in [2.45, 2.75) is 18.3 Å². The zero-order valence-corrected chi connectivity index (χ0v) is 16.4. The average Bonchev–Trinajstić information content (AvgIpc) is 3.24. The minimum Gasteiger partial charge on any atom is -0.469 e. The molecule has 0 spiro atoms. The number of furan rings is 1. The lowest BCUT2D eigenvalue weighted by Crippen LogP contribution is -2.18. The molecule has 0 atom stereocenters. The van der Waals surface area contributed by atoms with Crippen molar-refractivity contribution >= 4 is 29.0 Å². The first-order valence-corrected chi connectivity index (χ1v) is 9.28. The fourth-order valence-corrected chi connectivity index (χ4v) is 3.31. The van der Waals surface area contributed by atoms with Gasteiger partial charge >= 0.3 is 6.18 Å². The quantitative estimate of drug-likeness (QED) is 0.349. The summed E-state index contributed by atoms with van der Waals surface area (Å²) >= 11 is 0.977. The fourth-order valence-electron chi connectivity index (χ4n) is 2.60. The minimum atomic E-state index is -4.87. The molecule has 30 heavy (non-hydrogen) atoms. The van der Waals surface area contributed by atoms with Gasteiger partial charge in [-0.2, -0.15) is 13.2 Å². The van der Waals surface area contributed by atoms with Crippen LogP contribution in [0.2, 0.25) is 0 Å². The van der Waals surface area contributed by atoms with Crippen LogP contribution in [-0.4, -0.2) is 31.3 Å².